The Bertz CT molecular complexity index is 345. The summed E-state index contributed by atoms with van der Waals surface area (Å²) in [5.41, 5.74) is 0.773. The summed E-state index contributed by atoms with van der Waals surface area (Å²) in [5.74, 6) is 1.02. The van der Waals surface area contributed by atoms with Crippen LogP contribution in [0.3, 0.4) is 0 Å². The van der Waals surface area contributed by atoms with E-state index in [0.29, 0.717) is 13.0 Å². The Morgan fingerprint density at radius 3 is 2.71 bits per heavy atom. The number of hydrogen-bond acceptors (Lipinski definition) is 2. The number of unbranched alkanes of at least 4 members (excludes halogenated alkanes) is 2. The highest BCUT2D eigenvalue weighted by atomic mass is 16.5. The summed E-state index contributed by atoms with van der Waals surface area (Å²) in [6.07, 6.45) is 4.87. The minimum Gasteiger partial charge on any atom is -0.494 e. The van der Waals surface area contributed by atoms with Crippen LogP contribution in [0.1, 0.15) is 56.3 Å². The first-order valence-corrected chi connectivity index (χ1v) is 6.54. The van der Waals surface area contributed by atoms with Gasteiger partial charge in [-0.05, 0) is 25.0 Å². The van der Waals surface area contributed by atoms with Gasteiger partial charge in [0.2, 0.25) is 0 Å². The van der Waals surface area contributed by atoms with Crippen LogP contribution >= 0.6 is 0 Å². The van der Waals surface area contributed by atoms with E-state index < -0.39 is 0 Å². The van der Waals surface area contributed by atoms with Gasteiger partial charge >= 0.3 is 0 Å². The highest BCUT2D eigenvalue weighted by Crippen LogP contribution is 2.16. The SMILES string of the molecule is CCCCCC(=O)c1cccc(OCCC)c1. The van der Waals surface area contributed by atoms with Crippen molar-refractivity contribution < 1.29 is 9.53 Å². The van der Waals surface area contributed by atoms with Crippen LogP contribution in [0, 0.1) is 0 Å². The number of benzene rings is 1. The topological polar surface area (TPSA) is 26.3 Å². The largest absolute Gasteiger partial charge is 0.494 e. The molecule has 0 N–H and O–H groups in total. The summed E-state index contributed by atoms with van der Waals surface area (Å²) in [4.78, 5) is 11.9. The van der Waals surface area contributed by atoms with Crippen LogP contribution in [-0.2, 0) is 0 Å². The van der Waals surface area contributed by atoms with E-state index in [4.69, 9.17) is 4.74 Å². The zero-order chi connectivity index (χ0) is 12.5. The Labute approximate surface area is 104 Å². The monoisotopic (exact) mass is 234 g/mol. The zero-order valence-corrected chi connectivity index (χ0v) is 10.9. The third kappa shape index (κ3) is 5.03. The molecule has 2 nitrogen and oxygen atoms in total. The Morgan fingerprint density at radius 2 is 2.00 bits per heavy atom. The maximum Gasteiger partial charge on any atom is 0.163 e. The molecule has 0 aliphatic heterocycles. The van der Waals surface area contributed by atoms with Crippen LogP contribution in [0.4, 0.5) is 0 Å². The predicted octanol–water partition coefficient (Wildman–Crippen LogP) is 4.24. The summed E-state index contributed by atoms with van der Waals surface area (Å²) < 4.78 is 5.52. The molecule has 0 aromatic heterocycles. The molecule has 0 saturated heterocycles. The van der Waals surface area contributed by atoms with Crippen molar-refractivity contribution in [3.8, 4) is 5.75 Å². The number of ether oxygens (including phenoxy) is 1. The zero-order valence-electron chi connectivity index (χ0n) is 10.9. The Morgan fingerprint density at radius 1 is 1.18 bits per heavy atom. The lowest BCUT2D eigenvalue weighted by atomic mass is 10.0. The summed E-state index contributed by atoms with van der Waals surface area (Å²) >= 11 is 0. The molecule has 0 heterocycles. The van der Waals surface area contributed by atoms with Crippen molar-refractivity contribution in [1.29, 1.82) is 0 Å². The highest BCUT2D eigenvalue weighted by Gasteiger charge is 2.06. The Hall–Kier alpha value is -1.31. The number of carbonyl (C=O) groups is 1. The van der Waals surface area contributed by atoms with Crippen molar-refractivity contribution >= 4 is 5.78 Å². The minimum atomic E-state index is 0.223. The average Bonchev–Trinajstić information content (AvgIpc) is 2.37. The first-order valence-electron chi connectivity index (χ1n) is 6.54. The van der Waals surface area contributed by atoms with Gasteiger partial charge in [0.25, 0.3) is 0 Å². The van der Waals surface area contributed by atoms with Gasteiger partial charge in [-0.1, -0.05) is 38.8 Å². The smallest absolute Gasteiger partial charge is 0.163 e. The van der Waals surface area contributed by atoms with E-state index in [-0.39, 0.29) is 5.78 Å². The van der Waals surface area contributed by atoms with Crippen LogP contribution in [0.2, 0.25) is 0 Å². The van der Waals surface area contributed by atoms with E-state index in [1.165, 1.54) is 0 Å². The number of ketones is 1. The standard InChI is InChI=1S/C15H22O2/c1-3-5-6-10-15(16)13-8-7-9-14(12-13)17-11-4-2/h7-9,12H,3-6,10-11H2,1-2H3. The van der Waals surface area contributed by atoms with Gasteiger partial charge in [0.15, 0.2) is 5.78 Å². The lowest BCUT2D eigenvalue weighted by molar-refractivity contribution is 0.0979. The van der Waals surface area contributed by atoms with Crippen molar-refractivity contribution in [2.24, 2.45) is 0 Å². The first kappa shape index (κ1) is 13.8. The maximum atomic E-state index is 11.9. The number of rotatable bonds is 8. The summed E-state index contributed by atoms with van der Waals surface area (Å²) in [5, 5.41) is 0. The number of Topliss-reactive ketones (excluding diaryl/α,β-unsaturated/α-hetero) is 1. The number of hydrogen-bond donors (Lipinski definition) is 0. The molecule has 1 aromatic carbocycles. The van der Waals surface area contributed by atoms with Gasteiger partial charge in [-0.25, -0.2) is 0 Å². The molecule has 0 bridgehead atoms. The van der Waals surface area contributed by atoms with Crippen molar-refractivity contribution in [1.82, 2.24) is 0 Å². The molecule has 0 radical (unpaired) electrons. The molecule has 17 heavy (non-hydrogen) atoms. The van der Waals surface area contributed by atoms with Gasteiger partial charge in [0.05, 0.1) is 6.61 Å². The quantitative estimate of drug-likeness (QED) is 0.497. The highest BCUT2D eigenvalue weighted by molar-refractivity contribution is 5.96. The Balaban J connectivity index is 2.54. The summed E-state index contributed by atoms with van der Waals surface area (Å²) in [6.45, 7) is 4.91. The van der Waals surface area contributed by atoms with Crippen LogP contribution in [0.15, 0.2) is 24.3 Å². The van der Waals surface area contributed by atoms with E-state index in [2.05, 4.69) is 13.8 Å². The van der Waals surface area contributed by atoms with Crippen molar-refractivity contribution in [2.45, 2.75) is 46.0 Å². The van der Waals surface area contributed by atoms with Crippen LogP contribution in [0.5, 0.6) is 5.75 Å². The van der Waals surface area contributed by atoms with Crippen LogP contribution < -0.4 is 4.74 Å². The van der Waals surface area contributed by atoms with E-state index >= 15 is 0 Å². The minimum absolute atomic E-state index is 0.223. The second-order valence-corrected chi connectivity index (χ2v) is 4.26. The molecule has 0 aliphatic carbocycles. The number of carbonyl (C=O) groups excluding carboxylic acids is 1. The molecule has 1 rings (SSSR count). The molecule has 1 aromatic rings. The molecule has 94 valence electrons. The van der Waals surface area contributed by atoms with Gasteiger partial charge in [0, 0.05) is 12.0 Å². The van der Waals surface area contributed by atoms with Gasteiger partial charge in [-0.2, -0.15) is 0 Å². The van der Waals surface area contributed by atoms with Crippen LogP contribution in [0.25, 0.3) is 0 Å². The molecule has 0 fully saturated rings. The van der Waals surface area contributed by atoms with Gasteiger partial charge in [-0.3, -0.25) is 4.79 Å². The van der Waals surface area contributed by atoms with Crippen LogP contribution in [-0.4, -0.2) is 12.4 Å². The molecule has 0 saturated carbocycles. The average molecular weight is 234 g/mol. The maximum absolute atomic E-state index is 11.9. The van der Waals surface area contributed by atoms with E-state index in [0.717, 1.165) is 37.0 Å². The van der Waals surface area contributed by atoms with Gasteiger partial charge in [-0.15, -0.1) is 0 Å². The fraction of sp³-hybridized carbons (Fsp3) is 0.533. The molecule has 0 unspecified atom stereocenters. The molecule has 2 heteroatoms. The normalized spacial score (nSPS) is 10.2. The predicted molar refractivity (Wildman–Crippen MR) is 70.7 cm³/mol. The second kappa shape index (κ2) is 7.88. The summed E-state index contributed by atoms with van der Waals surface area (Å²) in [6, 6.07) is 7.51. The lowest BCUT2D eigenvalue weighted by Gasteiger charge is -2.06. The third-order valence-electron chi connectivity index (χ3n) is 2.64. The Kier molecular flexibility index (Phi) is 6.38. The molecule has 0 aliphatic rings. The molecular weight excluding hydrogens is 212 g/mol. The van der Waals surface area contributed by atoms with E-state index in [9.17, 15) is 4.79 Å². The molecule has 0 atom stereocenters. The van der Waals surface area contributed by atoms with Crippen molar-refractivity contribution in [3.63, 3.8) is 0 Å². The fourth-order valence-electron chi connectivity index (χ4n) is 1.66. The van der Waals surface area contributed by atoms with E-state index in [1.807, 2.05) is 24.3 Å². The molecule has 0 spiro atoms. The van der Waals surface area contributed by atoms with Gasteiger partial charge in [0.1, 0.15) is 5.75 Å². The lowest BCUT2D eigenvalue weighted by Crippen LogP contribution is -2.01. The fourth-order valence-corrected chi connectivity index (χ4v) is 1.66. The van der Waals surface area contributed by atoms with E-state index in [1.54, 1.807) is 0 Å². The second-order valence-electron chi connectivity index (χ2n) is 4.26. The van der Waals surface area contributed by atoms with Crippen molar-refractivity contribution in [3.05, 3.63) is 29.8 Å². The molecule has 0 amide bonds. The first-order chi connectivity index (χ1) is 8.27. The summed E-state index contributed by atoms with van der Waals surface area (Å²) in [7, 11) is 0. The molecular formula is C15H22O2. The van der Waals surface area contributed by atoms with Gasteiger partial charge < -0.3 is 4.74 Å². The third-order valence-corrected chi connectivity index (χ3v) is 2.64. The van der Waals surface area contributed by atoms with Crippen molar-refractivity contribution in [2.75, 3.05) is 6.61 Å².